The average Bonchev–Trinajstić information content (AvgIpc) is 3.34. The normalized spacial score (nSPS) is 11.7. The molecule has 0 spiro atoms. The van der Waals surface area contributed by atoms with Gasteiger partial charge in [0.2, 0.25) is 10.0 Å². The molecule has 148 valence electrons. The van der Waals surface area contributed by atoms with Crippen LogP contribution in [0, 0.1) is 5.82 Å². The van der Waals surface area contributed by atoms with Crippen LogP contribution in [0.5, 0.6) is 0 Å². The zero-order valence-electron chi connectivity index (χ0n) is 15.2. The molecule has 3 aromatic rings. The van der Waals surface area contributed by atoms with Gasteiger partial charge in [-0.3, -0.25) is 10.1 Å². The Kier molecular flexibility index (Phi) is 6.23. The second kappa shape index (κ2) is 8.48. The highest BCUT2D eigenvalue weighted by Crippen LogP contribution is 2.28. The Morgan fingerprint density at radius 2 is 1.96 bits per heavy atom. The number of amides is 1. The van der Waals surface area contributed by atoms with E-state index >= 15 is 0 Å². The van der Waals surface area contributed by atoms with E-state index in [0.717, 1.165) is 27.0 Å². The molecule has 0 saturated carbocycles. The van der Waals surface area contributed by atoms with Crippen molar-refractivity contribution in [3.8, 4) is 10.6 Å². The zero-order chi connectivity index (χ0) is 20.3. The highest BCUT2D eigenvalue weighted by Gasteiger charge is 2.26. The van der Waals surface area contributed by atoms with Gasteiger partial charge in [0, 0.05) is 24.0 Å². The Balaban J connectivity index is 1.85. The lowest BCUT2D eigenvalue weighted by Crippen LogP contribution is -2.31. The number of carbonyl (C=O) groups is 1. The summed E-state index contributed by atoms with van der Waals surface area (Å²) in [6, 6.07) is 7.14. The maximum absolute atomic E-state index is 14.2. The summed E-state index contributed by atoms with van der Waals surface area (Å²) in [5, 5.41) is 6.77. The van der Waals surface area contributed by atoms with E-state index in [1.54, 1.807) is 13.8 Å². The van der Waals surface area contributed by atoms with Crippen LogP contribution in [-0.2, 0) is 10.0 Å². The Morgan fingerprint density at radius 3 is 2.61 bits per heavy atom. The third-order valence-corrected chi connectivity index (χ3v) is 7.73. The van der Waals surface area contributed by atoms with Crippen molar-refractivity contribution in [2.24, 2.45) is 0 Å². The number of benzene rings is 1. The van der Waals surface area contributed by atoms with Crippen molar-refractivity contribution in [2.45, 2.75) is 18.7 Å². The fraction of sp³-hybridized carbons (Fsp3) is 0.222. The summed E-state index contributed by atoms with van der Waals surface area (Å²) in [7, 11) is -4.02. The van der Waals surface area contributed by atoms with Gasteiger partial charge in [-0.2, -0.15) is 4.31 Å². The minimum absolute atomic E-state index is 0.0417. The fourth-order valence-electron chi connectivity index (χ4n) is 2.58. The number of nitrogens with one attached hydrogen (secondary N) is 1. The van der Waals surface area contributed by atoms with Crippen LogP contribution in [0.3, 0.4) is 0 Å². The summed E-state index contributed by atoms with van der Waals surface area (Å²) in [5.74, 6) is -1.44. The molecule has 1 N–H and O–H groups in total. The van der Waals surface area contributed by atoms with Crippen LogP contribution in [-0.4, -0.2) is 36.7 Å². The van der Waals surface area contributed by atoms with Gasteiger partial charge in [0.15, 0.2) is 5.13 Å². The molecule has 1 amide bonds. The first-order chi connectivity index (χ1) is 13.4. The third kappa shape index (κ3) is 4.14. The van der Waals surface area contributed by atoms with Gasteiger partial charge >= 0.3 is 0 Å². The van der Waals surface area contributed by atoms with Gasteiger partial charge in [-0.25, -0.2) is 17.8 Å². The molecule has 0 radical (unpaired) electrons. The summed E-state index contributed by atoms with van der Waals surface area (Å²) in [5.41, 5.74) is 0.791. The maximum Gasteiger partial charge on any atom is 0.257 e. The van der Waals surface area contributed by atoms with Gasteiger partial charge in [-0.05, 0) is 29.6 Å². The molecule has 3 rings (SSSR count). The van der Waals surface area contributed by atoms with Crippen molar-refractivity contribution in [2.75, 3.05) is 18.4 Å². The van der Waals surface area contributed by atoms with Crippen molar-refractivity contribution in [1.29, 1.82) is 0 Å². The molecular weight excluding hydrogens is 421 g/mol. The number of aromatic nitrogens is 1. The van der Waals surface area contributed by atoms with E-state index in [4.69, 9.17) is 0 Å². The smallest absolute Gasteiger partial charge is 0.257 e. The quantitative estimate of drug-likeness (QED) is 0.595. The van der Waals surface area contributed by atoms with Gasteiger partial charge in [0.05, 0.1) is 10.6 Å². The fourth-order valence-corrected chi connectivity index (χ4v) is 5.60. The zero-order valence-corrected chi connectivity index (χ0v) is 17.6. The molecule has 0 bridgehead atoms. The lowest BCUT2D eigenvalue weighted by molar-refractivity contribution is 0.102. The highest BCUT2D eigenvalue weighted by molar-refractivity contribution is 7.89. The van der Waals surface area contributed by atoms with Crippen LogP contribution in [0.4, 0.5) is 9.52 Å². The Labute approximate surface area is 170 Å². The van der Waals surface area contributed by atoms with Crippen molar-refractivity contribution >= 4 is 43.7 Å². The summed E-state index contributed by atoms with van der Waals surface area (Å²) < 4.78 is 40.6. The first kappa shape index (κ1) is 20.6. The summed E-state index contributed by atoms with van der Waals surface area (Å²) in [6.07, 6.45) is 0. The predicted octanol–water partition coefficient (Wildman–Crippen LogP) is 4.29. The summed E-state index contributed by atoms with van der Waals surface area (Å²) in [6.45, 7) is 3.75. The van der Waals surface area contributed by atoms with Crippen molar-refractivity contribution in [3.05, 3.63) is 52.5 Å². The number of thiazole rings is 1. The number of rotatable bonds is 7. The minimum Gasteiger partial charge on any atom is -0.298 e. The van der Waals surface area contributed by atoms with E-state index in [0.29, 0.717) is 5.13 Å². The van der Waals surface area contributed by atoms with E-state index in [1.165, 1.54) is 28.7 Å². The number of halogens is 1. The molecule has 0 aliphatic heterocycles. The Hall–Kier alpha value is -2.14. The van der Waals surface area contributed by atoms with Crippen LogP contribution in [0.2, 0.25) is 0 Å². The SMILES string of the molecule is CCN(CC)S(=O)(=O)c1cc(C(=O)Nc2nc(-c3cccs3)cs2)ccc1F. The molecule has 10 heteroatoms. The highest BCUT2D eigenvalue weighted by atomic mass is 32.2. The van der Waals surface area contributed by atoms with E-state index in [2.05, 4.69) is 10.3 Å². The number of thiophene rings is 1. The van der Waals surface area contributed by atoms with Gasteiger partial charge in [0.1, 0.15) is 10.7 Å². The minimum atomic E-state index is -4.02. The molecule has 2 heterocycles. The van der Waals surface area contributed by atoms with Gasteiger partial charge in [-0.15, -0.1) is 22.7 Å². The van der Waals surface area contributed by atoms with E-state index < -0.39 is 26.6 Å². The topological polar surface area (TPSA) is 79.4 Å². The van der Waals surface area contributed by atoms with Crippen LogP contribution < -0.4 is 5.32 Å². The van der Waals surface area contributed by atoms with Gasteiger partial charge in [0.25, 0.3) is 5.91 Å². The Morgan fingerprint density at radius 1 is 1.21 bits per heavy atom. The molecule has 0 aliphatic rings. The third-order valence-electron chi connectivity index (χ3n) is 4.01. The molecule has 6 nitrogen and oxygen atoms in total. The number of anilines is 1. The first-order valence-corrected chi connectivity index (χ1v) is 11.7. The number of sulfonamides is 1. The lowest BCUT2D eigenvalue weighted by atomic mass is 10.2. The molecular formula is C18H18FN3O3S3. The average molecular weight is 440 g/mol. The first-order valence-electron chi connectivity index (χ1n) is 8.47. The molecule has 0 aliphatic carbocycles. The van der Waals surface area contributed by atoms with Gasteiger partial charge < -0.3 is 0 Å². The molecule has 0 fully saturated rings. The van der Waals surface area contributed by atoms with Gasteiger partial charge in [-0.1, -0.05) is 19.9 Å². The molecule has 2 aromatic heterocycles. The molecule has 1 aromatic carbocycles. The van der Waals surface area contributed by atoms with Crippen LogP contribution in [0.15, 0.2) is 46.0 Å². The number of carbonyl (C=O) groups excluding carboxylic acids is 1. The standard InChI is InChI=1S/C18H18FN3O3S3/c1-3-22(4-2)28(24,25)16-10-12(7-8-13(16)19)17(23)21-18-20-14(11-27-18)15-6-5-9-26-15/h5-11H,3-4H2,1-2H3,(H,20,21,23). The van der Waals surface area contributed by atoms with Crippen molar-refractivity contribution < 1.29 is 17.6 Å². The number of nitrogens with zero attached hydrogens (tertiary/aromatic N) is 2. The largest absolute Gasteiger partial charge is 0.298 e. The van der Waals surface area contributed by atoms with Crippen LogP contribution >= 0.6 is 22.7 Å². The monoisotopic (exact) mass is 439 g/mol. The lowest BCUT2D eigenvalue weighted by Gasteiger charge is -2.19. The summed E-state index contributed by atoms with van der Waals surface area (Å²) >= 11 is 2.80. The second-order valence-electron chi connectivity index (χ2n) is 5.70. The maximum atomic E-state index is 14.2. The number of hydrogen-bond acceptors (Lipinski definition) is 6. The molecule has 28 heavy (non-hydrogen) atoms. The predicted molar refractivity (Wildman–Crippen MR) is 110 cm³/mol. The Bertz CT molecular complexity index is 1070. The number of hydrogen-bond donors (Lipinski definition) is 1. The van der Waals surface area contributed by atoms with Crippen LogP contribution in [0.25, 0.3) is 10.6 Å². The van der Waals surface area contributed by atoms with Crippen molar-refractivity contribution in [3.63, 3.8) is 0 Å². The van der Waals surface area contributed by atoms with E-state index in [-0.39, 0.29) is 18.7 Å². The van der Waals surface area contributed by atoms with Crippen molar-refractivity contribution in [1.82, 2.24) is 9.29 Å². The van der Waals surface area contributed by atoms with Crippen LogP contribution in [0.1, 0.15) is 24.2 Å². The molecule has 0 unspecified atom stereocenters. The second-order valence-corrected chi connectivity index (χ2v) is 9.42. The molecule has 0 saturated heterocycles. The van der Waals surface area contributed by atoms with E-state index in [1.807, 2.05) is 22.9 Å². The van der Waals surface area contributed by atoms with E-state index in [9.17, 15) is 17.6 Å². The molecule has 0 atom stereocenters. The summed E-state index contributed by atoms with van der Waals surface area (Å²) in [4.78, 5) is 17.4.